The van der Waals surface area contributed by atoms with Gasteiger partial charge in [-0.15, -0.1) is 0 Å². The summed E-state index contributed by atoms with van der Waals surface area (Å²) in [4.78, 5) is 40.1. The molecular weight excluding hydrogens is 468 g/mol. The van der Waals surface area contributed by atoms with Crippen LogP contribution in [0.25, 0.3) is 0 Å². The fraction of sp³-hybridized carbons (Fsp3) is 0.192. The second-order valence-electron chi connectivity index (χ2n) is 8.02. The van der Waals surface area contributed by atoms with Crippen LogP contribution in [0.4, 0.5) is 21.9 Å². The summed E-state index contributed by atoms with van der Waals surface area (Å²) in [5, 5.41) is 8.76. The van der Waals surface area contributed by atoms with Gasteiger partial charge in [-0.25, -0.2) is 4.79 Å². The molecule has 0 radical (unpaired) electrons. The Morgan fingerprint density at radius 1 is 0.886 bits per heavy atom. The van der Waals surface area contributed by atoms with Crippen molar-refractivity contribution in [1.29, 1.82) is 0 Å². The van der Waals surface area contributed by atoms with Gasteiger partial charge >= 0.3 is 6.03 Å². The number of anilines is 3. The minimum absolute atomic E-state index is 0.303. The molecule has 0 spiro atoms. The first-order valence-corrected chi connectivity index (χ1v) is 11.5. The van der Waals surface area contributed by atoms with Crippen molar-refractivity contribution in [3.63, 3.8) is 0 Å². The van der Waals surface area contributed by atoms with Crippen LogP contribution in [0.15, 0.2) is 72.8 Å². The van der Waals surface area contributed by atoms with E-state index in [2.05, 4.69) is 16.0 Å². The van der Waals surface area contributed by atoms with Crippen molar-refractivity contribution in [2.45, 2.75) is 18.9 Å². The zero-order chi connectivity index (χ0) is 24.8. The van der Waals surface area contributed by atoms with Gasteiger partial charge in [0, 0.05) is 28.6 Å². The summed E-state index contributed by atoms with van der Waals surface area (Å²) in [7, 11) is 1.48. The number of urea groups is 1. The van der Waals surface area contributed by atoms with E-state index in [0.29, 0.717) is 52.8 Å². The molecule has 3 aromatic carbocycles. The van der Waals surface area contributed by atoms with Crippen molar-refractivity contribution in [2.75, 3.05) is 29.6 Å². The second kappa shape index (κ2) is 10.9. The number of likely N-dealkylation sites (tertiary alicyclic amines) is 1. The number of carbonyl (C=O) groups is 3. The number of methoxy groups -OCH3 is 1. The van der Waals surface area contributed by atoms with Crippen LogP contribution in [0.1, 0.15) is 23.2 Å². The SMILES string of the molecule is COc1ccc(Cl)cc1C(=O)N1CCC[C@@H]1C(=O)Nc1cccc(NC(=O)Nc2ccccc2)c1. The van der Waals surface area contributed by atoms with E-state index in [1.807, 2.05) is 18.2 Å². The standard InChI is InChI=1S/C26H25ClN4O4/c1-35-23-13-12-17(27)15-21(23)25(33)31-14-6-11-22(31)24(32)28-19-9-5-10-20(16-19)30-26(34)29-18-7-3-2-4-8-18/h2-5,7-10,12-13,15-16,22H,6,11,14H2,1H3,(H,28,32)(H2,29,30,34)/t22-/m1/s1. The van der Waals surface area contributed by atoms with Gasteiger partial charge in [-0.2, -0.15) is 0 Å². The zero-order valence-electron chi connectivity index (χ0n) is 19.1. The smallest absolute Gasteiger partial charge is 0.323 e. The molecule has 0 aliphatic carbocycles. The monoisotopic (exact) mass is 492 g/mol. The van der Waals surface area contributed by atoms with Crippen molar-refractivity contribution < 1.29 is 19.1 Å². The van der Waals surface area contributed by atoms with Crippen LogP contribution < -0.4 is 20.7 Å². The first kappa shape index (κ1) is 24.1. The maximum atomic E-state index is 13.2. The Bertz CT molecular complexity index is 1240. The first-order chi connectivity index (χ1) is 16.9. The molecule has 4 amide bonds. The number of hydrogen-bond acceptors (Lipinski definition) is 4. The molecule has 3 aromatic rings. The third-order valence-electron chi connectivity index (χ3n) is 5.63. The van der Waals surface area contributed by atoms with Gasteiger partial charge in [-0.05, 0) is 61.4 Å². The van der Waals surface area contributed by atoms with E-state index in [-0.39, 0.29) is 11.8 Å². The third-order valence-corrected chi connectivity index (χ3v) is 5.86. The van der Waals surface area contributed by atoms with Crippen molar-refractivity contribution in [2.24, 2.45) is 0 Å². The molecule has 1 atom stereocenters. The number of hydrogen-bond donors (Lipinski definition) is 3. The summed E-state index contributed by atoms with van der Waals surface area (Å²) < 4.78 is 5.31. The Kier molecular flexibility index (Phi) is 7.52. The third kappa shape index (κ3) is 5.91. The van der Waals surface area contributed by atoms with Gasteiger partial charge in [-0.3, -0.25) is 9.59 Å². The van der Waals surface area contributed by atoms with Crippen LogP contribution in [0, 0.1) is 0 Å². The zero-order valence-corrected chi connectivity index (χ0v) is 19.8. The molecule has 0 unspecified atom stereocenters. The Hall–Kier alpha value is -4.04. The molecule has 35 heavy (non-hydrogen) atoms. The van der Waals surface area contributed by atoms with Crippen LogP contribution in [0.5, 0.6) is 5.75 Å². The molecule has 0 saturated carbocycles. The minimum atomic E-state index is -0.635. The van der Waals surface area contributed by atoms with Gasteiger partial charge < -0.3 is 25.6 Å². The molecule has 1 heterocycles. The number of rotatable bonds is 6. The molecule has 9 heteroatoms. The topological polar surface area (TPSA) is 99.8 Å². The average molecular weight is 493 g/mol. The Labute approximate surface area is 208 Å². The number of nitrogens with zero attached hydrogens (tertiary/aromatic N) is 1. The highest BCUT2D eigenvalue weighted by atomic mass is 35.5. The Balaban J connectivity index is 1.42. The minimum Gasteiger partial charge on any atom is -0.496 e. The lowest BCUT2D eigenvalue weighted by molar-refractivity contribution is -0.119. The molecule has 1 saturated heterocycles. The lowest BCUT2D eigenvalue weighted by atomic mass is 10.1. The van der Waals surface area contributed by atoms with Crippen LogP contribution >= 0.6 is 11.6 Å². The number of nitrogens with one attached hydrogen (secondary N) is 3. The summed E-state index contributed by atoms with van der Waals surface area (Å²) in [5.74, 6) is -0.212. The lowest BCUT2D eigenvalue weighted by Gasteiger charge is -2.25. The fourth-order valence-corrected chi connectivity index (χ4v) is 4.17. The number of carbonyl (C=O) groups excluding carboxylic acids is 3. The Morgan fingerprint density at radius 3 is 2.31 bits per heavy atom. The quantitative estimate of drug-likeness (QED) is 0.438. The van der Waals surface area contributed by atoms with Crippen LogP contribution in [0.3, 0.4) is 0 Å². The van der Waals surface area contributed by atoms with Gasteiger partial charge in [0.05, 0.1) is 12.7 Å². The van der Waals surface area contributed by atoms with E-state index in [1.54, 1.807) is 59.5 Å². The molecule has 4 rings (SSSR count). The van der Waals surface area contributed by atoms with Gasteiger partial charge in [0.25, 0.3) is 5.91 Å². The maximum Gasteiger partial charge on any atom is 0.323 e. The van der Waals surface area contributed by atoms with Crippen LogP contribution in [-0.4, -0.2) is 42.4 Å². The van der Waals surface area contributed by atoms with Crippen molar-refractivity contribution in [1.82, 2.24) is 4.90 Å². The van der Waals surface area contributed by atoms with Crippen molar-refractivity contribution >= 4 is 46.5 Å². The molecule has 8 nitrogen and oxygen atoms in total. The molecule has 0 aromatic heterocycles. The van der Waals surface area contributed by atoms with E-state index in [0.717, 1.165) is 0 Å². The largest absolute Gasteiger partial charge is 0.496 e. The molecule has 3 N–H and O–H groups in total. The highest BCUT2D eigenvalue weighted by molar-refractivity contribution is 6.31. The van der Waals surface area contributed by atoms with E-state index in [4.69, 9.17) is 16.3 Å². The summed E-state index contributed by atoms with van der Waals surface area (Å²) in [6.07, 6.45) is 1.24. The van der Waals surface area contributed by atoms with E-state index in [1.165, 1.54) is 7.11 Å². The Morgan fingerprint density at radius 2 is 1.57 bits per heavy atom. The van der Waals surface area contributed by atoms with E-state index >= 15 is 0 Å². The van der Waals surface area contributed by atoms with Gasteiger partial charge in [-0.1, -0.05) is 35.9 Å². The number of ether oxygens (including phenoxy) is 1. The number of benzene rings is 3. The molecule has 1 aliphatic heterocycles. The molecule has 0 bridgehead atoms. The van der Waals surface area contributed by atoms with Crippen LogP contribution in [0.2, 0.25) is 5.02 Å². The summed E-state index contributed by atoms with van der Waals surface area (Å²) in [5.41, 5.74) is 2.00. The van der Waals surface area contributed by atoms with E-state index in [9.17, 15) is 14.4 Å². The highest BCUT2D eigenvalue weighted by Gasteiger charge is 2.35. The maximum absolute atomic E-state index is 13.2. The molecule has 1 aliphatic rings. The van der Waals surface area contributed by atoms with Crippen molar-refractivity contribution in [3.05, 3.63) is 83.4 Å². The summed E-state index contributed by atoms with van der Waals surface area (Å²) in [6.45, 7) is 0.452. The summed E-state index contributed by atoms with van der Waals surface area (Å²) >= 11 is 6.09. The first-order valence-electron chi connectivity index (χ1n) is 11.1. The predicted octanol–water partition coefficient (Wildman–Crippen LogP) is 5.24. The van der Waals surface area contributed by atoms with Gasteiger partial charge in [0.1, 0.15) is 11.8 Å². The predicted molar refractivity (Wildman–Crippen MR) is 136 cm³/mol. The number of halogens is 1. The average Bonchev–Trinajstić information content (AvgIpc) is 3.34. The van der Waals surface area contributed by atoms with Crippen molar-refractivity contribution in [3.8, 4) is 5.75 Å². The number of para-hydroxylation sites is 1. The molecular formula is C26H25ClN4O4. The lowest BCUT2D eigenvalue weighted by Crippen LogP contribution is -2.43. The second-order valence-corrected chi connectivity index (χ2v) is 8.45. The van der Waals surface area contributed by atoms with Gasteiger partial charge in [0.2, 0.25) is 5.91 Å². The number of amides is 4. The van der Waals surface area contributed by atoms with Gasteiger partial charge in [0.15, 0.2) is 0 Å². The summed E-state index contributed by atoms with van der Waals surface area (Å²) in [6, 6.07) is 19.7. The van der Waals surface area contributed by atoms with Crippen LogP contribution in [-0.2, 0) is 4.79 Å². The fourth-order valence-electron chi connectivity index (χ4n) is 4.00. The normalized spacial score (nSPS) is 14.8. The molecule has 180 valence electrons. The molecule has 1 fully saturated rings. The van der Waals surface area contributed by atoms with E-state index < -0.39 is 12.1 Å². The highest BCUT2D eigenvalue weighted by Crippen LogP contribution is 2.28.